The number of pyridine rings is 1. The standard InChI is InChI=1S/C30H22F2N8O2/c31-25(32)18-12-21(19-14-34-26(35-15-19)17-10-11-17)24(33-13-18)29-39-40-30(42-29)38-27-28(41)36-22-9-5-4-8-20(22)23(37-27)16-6-2-1-3-7-16/h1-9,12-15,17,25,27H,10-11H2,(H,36,41)(H,38,40)/t27-/m1/s1. The van der Waals surface area contributed by atoms with Gasteiger partial charge in [0.2, 0.25) is 6.17 Å². The molecular formula is C30H22F2N8O2. The number of benzodiazepines with no additional fused rings is 1. The van der Waals surface area contributed by atoms with Crippen molar-refractivity contribution in [3.05, 3.63) is 102 Å². The van der Waals surface area contributed by atoms with Crippen LogP contribution >= 0.6 is 0 Å². The number of fused-ring (bicyclic) bond motifs is 1. The third-order valence-electron chi connectivity index (χ3n) is 6.97. The Balaban J connectivity index is 1.22. The lowest BCUT2D eigenvalue weighted by Gasteiger charge is -2.11. The molecule has 7 rings (SSSR count). The SMILES string of the molecule is O=C1Nc2ccccc2C(c2ccccc2)=N[C@@H]1Nc1nnc(-c2ncc(C(F)F)cc2-c2cnc(C3CC3)nc2)o1. The summed E-state index contributed by atoms with van der Waals surface area (Å²) in [6, 6.07) is 18.1. The zero-order valence-electron chi connectivity index (χ0n) is 21.9. The van der Waals surface area contributed by atoms with E-state index in [1.165, 1.54) is 6.07 Å². The van der Waals surface area contributed by atoms with Gasteiger partial charge in [0, 0.05) is 52.3 Å². The fourth-order valence-corrected chi connectivity index (χ4v) is 4.70. The monoisotopic (exact) mass is 564 g/mol. The van der Waals surface area contributed by atoms with Gasteiger partial charge < -0.3 is 15.1 Å². The zero-order chi connectivity index (χ0) is 28.6. The number of nitrogens with one attached hydrogen (secondary N) is 2. The van der Waals surface area contributed by atoms with Gasteiger partial charge >= 0.3 is 6.01 Å². The number of hydrogen-bond acceptors (Lipinski definition) is 9. The van der Waals surface area contributed by atoms with Crippen LogP contribution in [0.1, 0.15) is 47.7 Å². The second-order valence-corrected chi connectivity index (χ2v) is 9.91. The first-order valence-electron chi connectivity index (χ1n) is 13.3. The van der Waals surface area contributed by atoms with Gasteiger partial charge in [-0.1, -0.05) is 53.6 Å². The predicted octanol–water partition coefficient (Wildman–Crippen LogP) is 5.63. The lowest BCUT2D eigenvalue weighted by molar-refractivity contribution is -0.116. The Morgan fingerprint density at radius 2 is 1.64 bits per heavy atom. The lowest BCUT2D eigenvalue weighted by atomic mass is 10.0. The van der Waals surface area contributed by atoms with E-state index in [0.717, 1.165) is 36.0 Å². The van der Waals surface area contributed by atoms with Crippen LogP contribution in [0.2, 0.25) is 0 Å². The van der Waals surface area contributed by atoms with Crippen LogP contribution in [0.3, 0.4) is 0 Å². The van der Waals surface area contributed by atoms with Crippen molar-refractivity contribution in [3.63, 3.8) is 0 Å². The topological polar surface area (TPSA) is 131 Å². The zero-order valence-corrected chi connectivity index (χ0v) is 21.9. The fraction of sp³-hybridized carbons (Fsp3) is 0.167. The minimum Gasteiger partial charge on any atom is -0.402 e. The maximum Gasteiger partial charge on any atom is 0.317 e. The summed E-state index contributed by atoms with van der Waals surface area (Å²) in [6.45, 7) is 0. The molecule has 1 amide bonds. The summed E-state index contributed by atoms with van der Waals surface area (Å²) in [4.78, 5) is 30.9. The fourth-order valence-electron chi connectivity index (χ4n) is 4.70. The smallest absolute Gasteiger partial charge is 0.317 e. The van der Waals surface area contributed by atoms with Crippen molar-refractivity contribution in [2.75, 3.05) is 10.6 Å². The molecule has 0 spiro atoms. The first-order chi connectivity index (χ1) is 20.5. The van der Waals surface area contributed by atoms with Crippen LogP contribution in [0.25, 0.3) is 22.7 Å². The molecule has 1 atom stereocenters. The minimum absolute atomic E-state index is 0.0378. The van der Waals surface area contributed by atoms with Crippen LogP contribution in [-0.4, -0.2) is 42.9 Å². The molecule has 5 aromatic rings. The number of alkyl halides is 2. The second-order valence-electron chi connectivity index (χ2n) is 9.91. The number of aromatic nitrogens is 5. The average molecular weight is 565 g/mol. The summed E-state index contributed by atoms with van der Waals surface area (Å²) in [6.07, 6.45) is 2.45. The lowest BCUT2D eigenvalue weighted by Crippen LogP contribution is -2.32. The van der Waals surface area contributed by atoms with Gasteiger partial charge in [0.05, 0.1) is 11.4 Å². The number of halogens is 2. The molecule has 3 aromatic heterocycles. The molecule has 0 saturated heterocycles. The van der Waals surface area contributed by atoms with Gasteiger partial charge in [-0.2, -0.15) is 0 Å². The molecule has 12 heteroatoms. The van der Waals surface area contributed by atoms with E-state index in [1.54, 1.807) is 18.5 Å². The summed E-state index contributed by atoms with van der Waals surface area (Å²) < 4.78 is 33.0. The van der Waals surface area contributed by atoms with Crippen LogP contribution in [0.15, 0.2) is 88.7 Å². The predicted molar refractivity (Wildman–Crippen MR) is 150 cm³/mol. The Labute approximate surface area is 238 Å². The normalized spacial score (nSPS) is 16.4. The summed E-state index contributed by atoms with van der Waals surface area (Å²) in [5, 5.41) is 13.9. The van der Waals surface area contributed by atoms with Crippen LogP contribution in [0.4, 0.5) is 20.5 Å². The number of hydrogen-bond donors (Lipinski definition) is 2. The number of para-hydroxylation sites is 1. The number of carbonyl (C=O) groups is 1. The number of nitrogens with zero attached hydrogens (tertiary/aromatic N) is 6. The van der Waals surface area contributed by atoms with Gasteiger partial charge in [-0.05, 0) is 25.0 Å². The first-order valence-corrected chi connectivity index (χ1v) is 13.3. The molecule has 1 fully saturated rings. The van der Waals surface area contributed by atoms with Gasteiger partial charge in [-0.3, -0.25) is 4.79 Å². The number of benzene rings is 2. The number of aliphatic imine (C=N–C) groups is 1. The largest absolute Gasteiger partial charge is 0.402 e. The Bertz CT molecular complexity index is 1800. The third kappa shape index (κ3) is 4.98. The van der Waals surface area contributed by atoms with E-state index in [2.05, 4.69) is 35.8 Å². The highest BCUT2D eigenvalue weighted by atomic mass is 19.3. The van der Waals surface area contributed by atoms with Gasteiger partial charge in [0.15, 0.2) is 0 Å². The van der Waals surface area contributed by atoms with Crippen molar-refractivity contribution in [2.45, 2.75) is 31.4 Å². The number of carbonyl (C=O) groups excluding carboxylic acids is 1. The van der Waals surface area contributed by atoms with Crippen molar-refractivity contribution in [3.8, 4) is 22.7 Å². The second kappa shape index (κ2) is 10.5. The molecule has 208 valence electrons. The highest BCUT2D eigenvalue weighted by Gasteiger charge is 2.29. The maximum absolute atomic E-state index is 13.6. The number of anilines is 2. The van der Waals surface area contributed by atoms with E-state index in [1.807, 2.05) is 48.5 Å². The molecule has 0 bridgehead atoms. The molecule has 2 aromatic carbocycles. The van der Waals surface area contributed by atoms with E-state index in [4.69, 9.17) is 9.41 Å². The van der Waals surface area contributed by atoms with Crippen molar-refractivity contribution in [1.29, 1.82) is 0 Å². The van der Waals surface area contributed by atoms with Gasteiger partial charge in [0.1, 0.15) is 11.5 Å². The molecule has 1 aliphatic carbocycles. The summed E-state index contributed by atoms with van der Waals surface area (Å²) in [5.41, 5.74) is 3.50. The highest BCUT2D eigenvalue weighted by molar-refractivity contribution is 6.19. The Morgan fingerprint density at radius 1 is 0.881 bits per heavy atom. The maximum atomic E-state index is 13.6. The van der Waals surface area contributed by atoms with Crippen molar-refractivity contribution in [2.24, 2.45) is 4.99 Å². The number of rotatable bonds is 7. The Hall–Kier alpha value is -5.39. The summed E-state index contributed by atoms with van der Waals surface area (Å²) >= 11 is 0. The first kappa shape index (κ1) is 25.6. The van der Waals surface area contributed by atoms with Crippen molar-refractivity contribution in [1.82, 2.24) is 25.1 Å². The molecule has 1 saturated carbocycles. The van der Waals surface area contributed by atoms with E-state index in [0.29, 0.717) is 28.4 Å². The molecule has 10 nitrogen and oxygen atoms in total. The molecule has 2 N–H and O–H groups in total. The molecule has 0 radical (unpaired) electrons. The van der Waals surface area contributed by atoms with E-state index >= 15 is 0 Å². The third-order valence-corrected chi connectivity index (χ3v) is 6.97. The molecule has 1 aliphatic heterocycles. The Morgan fingerprint density at radius 3 is 2.40 bits per heavy atom. The average Bonchev–Trinajstić information content (AvgIpc) is 3.79. The Kier molecular flexibility index (Phi) is 6.42. The van der Waals surface area contributed by atoms with Crippen molar-refractivity contribution >= 4 is 23.3 Å². The molecule has 0 unspecified atom stereocenters. The van der Waals surface area contributed by atoms with E-state index < -0.39 is 18.5 Å². The van der Waals surface area contributed by atoms with Gasteiger partial charge in [-0.25, -0.2) is 28.7 Å². The van der Waals surface area contributed by atoms with Crippen LogP contribution in [0, 0.1) is 0 Å². The van der Waals surface area contributed by atoms with Crippen molar-refractivity contribution < 1.29 is 18.0 Å². The summed E-state index contributed by atoms with van der Waals surface area (Å²) in [7, 11) is 0. The van der Waals surface area contributed by atoms with Gasteiger partial charge in [0.25, 0.3) is 18.2 Å². The molecule has 2 aliphatic rings. The molecule has 42 heavy (non-hydrogen) atoms. The molecule has 4 heterocycles. The number of amides is 1. The van der Waals surface area contributed by atoms with Gasteiger partial charge in [-0.15, -0.1) is 5.10 Å². The van der Waals surface area contributed by atoms with Crippen LogP contribution in [0.5, 0.6) is 0 Å². The summed E-state index contributed by atoms with van der Waals surface area (Å²) in [5.74, 6) is 0.597. The van der Waals surface area contributed by atoms with E-state index in [9.17, 15) is 13.6 Å². The quantitative estimate of drug-likeness (QED) is 0.260. The van der Waals surface area contributed by atoms with Crippen LogP contribution in [-0.2, 0) is 4.79 Å². The highest BCUT2D eigenvalue weighted by Crippen LogP contribution is 2.39. The minimum atomic E-state index is -2.73. The van der Waals surface area contributed by atoms with Crippen LogP contribution < -0.4 is 10.6 Å². The van der Waals surface area contributed by atoms with E-state index in [-0.39, 0.29) is 23.2 Å². The molecular weight excluding hydrogens is 542 g/mol.